The van der Waals surface area contributed by atoms with Gasteiger partial charge in [0.15, 0.2) is 6.10 Å². The zero-order valence-electron chi connectivity index (χ0n) is 45.9. The highest BCUT2D eigenvalue weighted by molar-refractivity contribution is 7.61. The third kappa shape index (κ3) is 28.7. The van der Waals surface area contributed by atoms with Crippen LogP contribution in [0.3, 0.4) is 0 Å². The molecule has 21 nitrogen and oxygen atoms in total. The fourth-order valence-electron chi connectivity index (χ4n) is 9.31. The van der Waals surface area contributed by atoms with E-state index < -0.39 is 120 Å². The van der Waals surface area contributed by atoms with Crippen LogP contribution in [-0.2, 0) is 51.1 Å². The van der Waals surface area contributed by atoms with Gasteiger partial charge in [-0.25, -0.2) is 13.9 Å². The molecule has 3 rings (SSSR count). The van der Waals surface area contributed by atoms with Crippen LogP contribution in [0, 0.1) is 17.8 Å². The molecule has 0 radical (unpaired) electrons. The molecule has 77 heavy (non-hydrogen) atoms. The summed E-state index contributed by atoms with van der Waals surface area (Å²) in [5, 5.41) is 45.8. The summed E-state index contributed by atoms with van der Waals surface area (Å²) in [5.74, 6) is -4.42. The van der Waals surface area contributed by atoms with E-state index in [1.807, 2.05) is 6.92 Å². The monoisotopic (exact) mass is 1130 g/mol. The molecule has 2 unspecified atom stereocenters. The number of rotatable bonds is 27. The molecule has 3 heterocycles. The SMILES string of the molecule is CCCCC[C@H](O)C=C[C@H]1C(=O)C[C@H](O)[C@@H]2C/C=C\CCCC(=O)OC[C@@H](OC(=O)CCCCCCCCCCCCCCCCCCC(C)C)COP(=O)(O)OP(=O)(O)OC[C@@H](O[C@H]2n2ccc(N)nc2=O)[C@@H](O)[C@H]1O. The van der Waals surface area contributed by atoms with Gasteiger partial charge in [0.1, 0.15) is 36.6 Å². The van der Waals surface area contributed by atoms with Gasteiger partial charge in [0.25, 0.3) is 0 Å². The summed E-state index contributed by atoms with van der Waals surface area (Å²) >= 11 is 0. The predicted molar refractivity (Wildman–Crippen MR) is 290 cm³/mol. The summed E-state index contributed by atoms with van der Waals surface area (Å²) in [5.41, 5.74) is 4.76. The lowest BCUT2D eigenvalue weighted by molar-refractivity contribution is -0.186. The number of aromatic nitrogens is 2. The average molecular weight is 1130 g/mol. The second-order valence-corrected chi connectivity index (χ2v) is 24.1. The molecule has 442 valence electrons. The number of anilines is 1. The quantitative estimate of drug-likeness (QED) is 0.0187. The fourth-order valence-corrected chi connectivity index (χ4v) is 11.4. The lowest BCUT2D eigenvalue weighted by Gasteiger charge is -2.39. The number of carbonyl (C=O) groups excluding carboxylic acids is 3. The second-order valence-electron chi connectivity index (χ2n) is 21.1. The average Bonchev–Trinajstić information content (AvgIpc) is 3.36. The van der Waals surface area contributed by atoms with Crippen molar-refractivity contribution in [3.8, 4) is 0 Å². The number of carbonyl (C=O) groups is 3. The van der Waals surface area contributed by atoms with Crippen LogP contribution in [0.4, 0.5) is 5.82 Å². The van der Waals surface area contributed by atoms with Gasteiger partial charge in [0, 0.05) is 31.4 Å². The minimum atomic E-state index is -5.73. The van der Waals surface area contributed by atoms with Crippen LogP contribution in [0.1, 0.15) is 200 Å². The van der Waals surface area contributed by atoms with Crippen LogP contribution in [0.25, 0.3) is 0 Å². The number of nitrogens with zero attached hydrogens (tertiary/aromatic N) is 2. The summed E-state index contributed by atoms with van der Waals surface area (Å²) < 4.78 is 59.1. The Balaban J connectivity index is 1.70. The molecule has 0 spiro atoms. The van der Waals surface area contributed by atoms with Gasteiger partial charge < -0.3 is 50.2 Å². The number of aliphatic hydroxyl groups excluding tert-OH is 4. The first-order valence-electron chi connectivity index (χ1n) is 28.3. The number of phosphoric ester groups is 2. The van der Waals surface area contributed by atoms with Crippen LogP contribution >= 0.6 is 15.6 Å². The lowest BCUT2D eigenvalue weighted by atomic mass is 9.83. The van der Waals surface area contributed by atoms with Gasteiger partial charge in [-0.3, -0.25) is 28.0 Å². The van der Waals surface area contributed by atoms with Crippen LogP contribution in [0.2, 0.25) is 0 Å². The number of aliphatic hydroxyl groups is 4. The maximum absolute atomic E-state index is 14.0. The third-order valence-electron chi connectivity index (χ3n) is 13.8. The summed E-state index contributed by atoms with van der Waals surface area (Å²) in [4.78, 5) is 78.3. The molecule has 1 aromatic heterocycles. The van der Waals surface area contributed by atoms with Gasteiger partial charge in [0.05, 0.1) is 37.4 Å². The Morgan fingerprint density at radius 2 is 1.40 bits per heavy atom. The molecule has 23 heteroatoms. The number of nitrogen functional groups attached to an aromatic ring is 1. The smallest absolute Gasteiger partial charge is 0.462 e. The molecule has 11 atom stereocenters. The van der Waals surface area contributed by atoms with Gasteiger partial charge in [-0.2, -0.15) is 9.29 Å². The molecular formula is C54H93N3O18P2. The first kappa shape index (κ1) is 68.1. The summed E-state index contributed by atoms with van der Waals surface area (Å²) in [7, 11) is -11.3. The number of ketones is 1. The first-order valence-corrected chi connectivity index (χ1v) is 31.3. The number of fused-ring (bicyclic) bond motifs is 3. The number of Topliss-reactive ketones (excluding diaryl/α,β-unsaturated/α-hetero) is 1. The highest BCUT2D eigenvalue weighted by atomic mass is 31.3. The van der Waals surface area contributed by atoms with Crippen molar-refractivity contribution < 1.29 is 81.3 Å². The molecular weight excluding hydrogens is 1040 g/mol. The second kappa shape index (κ2) is 37.7. The zero-order valence-corrected chi connectivity index (χ0v) is 47.7. The van der Waals surface area contributed by atoms with E-state index >= 15 is 0 Å². The number of hydrogen-bond acceptors (Lipinski definition) is 18. The Morgan fingerprint density at radius 1 is 0.818 bits per heavy atom. The molecule has 1 saturated heterocycles. The van der Waals surface area contributed by atoms with E-state index in [1.54, 1.807) is 12.2 Å². The molecule has 1 fully saturated rings. The van der Waals surface area contributed by atoms with Crippen LogP contribution in [-0.4, -0.2) is 114 Å². The van der Waals surface area contributed by atoms with Gasteiger partial charge >= 0.3 is 33.3 Å². The summed E-state index contributed by atoms with van der Waals surface area (Å²) in [6, 6.07) is 1.23. The topological polar surface area (TPSA) is 323 Å². The maximum atomic E-state index is 14.0. The minimum absolute atomic E-state index is 0.000105. The van der Waals surface area contributed by atoms with Crippen molar-refractivity contribution in [2.45, 2.75) is 237 Å². The molecule has 8 N–H and O–H groups in total. The molecule has 1 aromatic rings. The Hall–Kier alpha value is -3.17. The Labute approximate surface area is 455 Å². The van der Waals surface area contributed by atoms with Gasteiger partial charge in [0.2, 0.25) is 0 Å². The number of nitrogens with two attached hydrogens (primary N) is 1. The number of phosphoric acid groups is 2. The van der Waals surface area contributed by atoms with Crippen molar-refractivity contribution in [2.24, 2.45) is 17.8 Å². The van der Waals surface area contributed by atoms with Crippen LogP contribution in [0.5, 0.6) is 0 Å². The van der Waals surface area contributed by atoms with Crippen molar-refractivity contribution in [3.05, 3.63) is 47.1 Å². The molecule has 0 saturated carbocycles. The van der Waals surface area contributed by atoms with E-state index in [-0.39, 0.29) is 37.9 Å². The highest BCUT2D eigenvalue weighted by Gasteiger charge is 2.45. The maximum Gasteiger partial charge on any atom is 0.481 e. The largest absolute Gasteiger partial charge is 0.481 e. The van der Waals surface area contributed by atoms with Crippen LogP contribution < -0.4 is 11.4 Å². The number of ether oxygens (including phenoxy) is 3. The third-order valence-corrected chi connectivity index (χ3v) is 16.4. The van der Waals surface area contributed by atoms with E-state index in [1.165, 1.54) is 95.3 Å². The first-order chi connectivity index (χ1) is 36.7. The highest BCUT2D eigenvalue weighted by Crippen LogP contribution is 2.60. The van der Waals surface area contributed by atoms with Crippen LogP contribution in [0.15, 0.2) is 41.4 Å². The van der Waals surface area contributed by atoms with Crippen molar-refractivity contribution >= 4 is 39.2 Å². The normalized spacial score (nSPS) is 28.7. The molecule has 2 bridgehead atoms. The molecule has 2 aliphatic heterocycles. The van der Waals surface area contributed by atoms with E-state index in [9.17, 15) is 58.5 Å². The van der Waals surface area contributed by atoms with E-state index in [0.717, 1.165) is 55.2 Å². The van der Waals surface area contributed by atoms with Crippen molar-refractivity contribution in [1.82, 2.24) is 9.55 Å². The van der Waals surface area contributed by atoms with Gasteiger partial charge in [-0.1, -0.05) is 167 Å². The zero-order chi connectivity index (χ0) is 56.6. The number of unbranched alkanes of at least 4 members (excludes halogenated alkanes) is 17. The van der Waals surface area contributed by atoms with Crippen molar-refractivity contribution in [3.63, 3.8) is 0 Å². The number of esters is 2. The molecule has 0 aromatic carbocycles. The Bertz CT molecular complexity index is 2070. The summed E-state index contributed by atoms with van der Waals surface area (Å²) in [6.45, 7) is 3.79. The summed E-state index contributed by atoms with van der Waals surface area (Å²) in [6.07, 6.45) is 17.1. The fraction of sp³-hybridized carbons (Fsp3) is 0.796. The van der Waals surface area contributed by atoms with E-state index in [4.69, 9.17) is 29.0 Å². The van der Waals surface area contributed by atoms with Gasteiger partial charge in [-0.15, -0.1) is 0 Å². The van der Waals surface area contributed by atoms with Gasteiger partial charge in [-0.05, 0) is 44.1 Å². The lowest BCUT2D eigenvalue weighted by Crippen LogP contribution is -2.51. The minimum Gasteiger partial charge on any atom is -0.462 e. The van der Waals surface area contributed by atoms with E-state index in [0.29, 0.717) is 19.3 Å². The Morgan fingerprint density at radius 3 is 2.00 bits per heavy atom. The number of hydrogen-bond donors (Lipinski definition) is 7. The van der Waals surface area contributed by atoms with Crippen molar-refractivity contribution in [1.29, 1.82) is 0 Å². The molecule has 0 aliphatic carbocycles. The number of cyclic esters (lactones) is 1. The molecule has 2 aliphatic rings. The number of allylic oxidation sites excluding steroid dienone is 2. The van der Waals surface area contributed by atoms with Crippen molar-refractivity contribution in [2.75, 3.05) is 25.6 Å². The molecule has 0 amide bonds. The van der Waals surface area contributed by atoms with E-state index in [2.05, 4.69) is 23.1 Å². The predicted octanol–water partition coefficient (Wildman–Crippen LogP) is 9.01. The standard InChI is InChI=1S/C54H93N3O18P2/c1-4-5-22-28-41(58)32-33-43-45(59)36-46(60)44-29-24-20-21-25-30-49(61)70-37-42(73-50(62)31-26-19-17-15-13-11-9-7-6-8-10-12-14-16-18-23-27-40(2)3)38-71-76(66,67)75-77(68,69)72-39-47(52(64)51(43)63)74-53(44)57-35-34-48(55)56-54(57)65/h20,24,32-35,40-44,46-47,51-53,58,60,63-64H,4-19,21-23,25-31,36-39H2,1-3H3,(H,66,67)(H,68,69)(H2,55,56,65)/b24-20-,33-32?/t41-,42+,43-,44-,46-,47+,51-,52+,53+/m0/s1. The Kier molecular flexibility index (Phi) is 33.3.